The van der Waals surface area contributed by atoms with Gasteiger partial charge in [0.25, 0.3) is 0 Å². The standard InChI is InChI=1S/C8H12N4O2S/c9-8(12-10)15-5-7(13)11-4-6-2-1-3-14-6/h1-3H,4-5,10H2,(H2,9,12)(H,11,13). The molecule has 0 bridgehead atoms. The number of nitrogens with zero attached hydrogens (tertiary/aromatic N) is 1. The third kappa shape index (κ3) is 4.41. The van der Waals surface area contributed by atoms with E-state index in [0.717, 1.165) is 11.8 Å². The molecule has 0 aliphatic carbocycles. The van der Waals surface area contributed by atoms with Crippen LogP contribution in [0.4, 0.5) is 0 Å². The van der Waals surface area contributed by atoms with Gasteiger partial charge in [-0.1, -0.05) is 11.8 Å². The molecule has 0 aliphatic rings. The Morgan fingerprint density at radius 1 is 1.67 bits per heavy atom. The number of nitrogens with one attached hydrogen (secondary N) is 1. The Kier molecular flexibility index (Phi) is 4.55. The number of amidine groups is 1. The molecule has 0 aliphatic heterocycles. The highest BCUT2D eigenvalue weighted by Gasteiger charge is 2.04. The van der Waals surface area contributed by atoms with Crippen LogP contribution in [0.3, 0.4) is 0 Å². The summed E-state index contributed by atoms with van der Waals surface area (Å²) in [5, 5.41) is 6.07. The average Bonchev–Trinajstić information content (AvgIpc) is 2.75. The molecule has 0 spiro atoms. The Hall–Kier alpha value is -1.63. The van der Waals surface area contributed by atoms with E-state index >= 15 is 0 Å². The molecule has 15 heavy (non-hydrogen) atoms. The number of rotatable bonds is 4. The molecule has 0 atom stereocenters. The number of carbonyl (C=O) groups is 1. The smallest absolute Gasteiger partial charge is 0.230 e. The van der Waals surface area contributed by atoms with Crippen LogP contribution < -0.4 is 16.9 Å². The number of thioether (sulfide) groups is 1. The van der Waals surface area contributed by atoms with Crippen molar-refractivity contribution < 1.29 is 9.21 Å². The van der Waals surface area contributed by atoms with E-state index in [9.17, 15) is 4.79 Å². The molecular weight excluding hydrogens is 216 g/mol. The first-order chi connectivity index (χ1) is 7.22. The Labute approximate surface area is 91.1 Å². The largest absolute Gasteiger partial charge is 0.467 e. The van der Waals surface area contributed by atoms with Crippen molar-refractivity contribution in [2.75, 3.05) is 5.75 Å². The molecule has 0 fully saturated rings. The maximum Gasteiger partial charge on any atom is 0.230 e. The second-order valence-corrected chi connectivity index (χ2v) is 3.61. The number of furan rings is 1. The molecule has 0 aromatic carbocycles. The second kappa shape index (κ2) is 5.97. The molecule has 7 heteroatoms. The van der Waals surface area contributed by atoms with Gasteiger partial charge in [0.1, 0.15) is 5.76 Å². The molecule has 82 valence electrons. The number of hydrogen-bond donors (Lipinski definition) is 3. The van der Waals surface area contributed by atoms with Crippen LogP contribution >= 0.6 is 11.8 Å². The lowest BCUT2D eigenvalue weighted by Gasteiger charge is -2.02. The maximum atomic E-state index is 11.2. The fourth-order valence-electron chi connectivity index (χ4n) is 0.827. The van der Waals surface area contributed by atoms with E-state index in [1.165, 1.54) is 0 Å². The van der Waals surface area contributed by atoms with E-state index in [1.54, 1.807) is 18.4 Å². The first-order valence-electron chi connectivity index (χ1n) is 4.17. The van der Waals surface area contributed by atoms with Gasteiger partial charge >= 0.3 is 0 Å². The predicted octanol–water partition coefficient (Wildman–Crippen LogP) is -0.183. The van der Waals surface area contributed by atoms with Crippen LogP contribution in [0.15, 0.2) is 27.9 Å². The van der Waals surface area contributed by atoms with Gasteiger partial charge in [-0.3, -0.25) is 4.79 Å². The summed E-state index contributed by atoms with van der Waals surface area (Å²) in [5.74, 6) is 5.65. The van der Waals surface area contributed by atoms with Crippen molar-refractivity contribution in [1.29, 1.82) is 0 Å². The van der Waals surface area contributed by atoms with Gasteiger partial charge in [0, 0.05) is 0 Å². The van der Waals surface area contributed by atoms with Crippen molar-refractivity contribution in [3.05, 3.63) is 24.2 Å². The Morgan fingerprint density at radius 3 is 3.07 bits per heavy atom. The number of carbonyl (C=O) groups excluding carboxylic acids is 1. The predicted molar refractivity (Wildman–Crippen MR) is 58.8 cm³/mol. The first kappa shape index (κ1) is 11.4. The van der Waals surface area contributed by atoms with Gasteiger partial charge in [-0.25, -0.2) is 0 Å². The third-order valence-corrected chi connectivity index (χ3v) is 2.33. The Balaban J connectivity index is 2.19. The van der Waals surface area contributed by atoms with Crippen LogP contribution in [0.1, 0.15) is 5.76 Å². The summed E-state index contributed by atoms with van der Waals surface area (Å²) in [4.78, 5) is 11.2. The van der Waals surface area contributed by atoms with Crippen LogP contribution in [0.2, 0.25) is 0 Å². The molecule has 1 amide bonds. The molecule has 1 aromatic rings. The summed E-state index contributed by atoms with van der Waals surface area (Å²) in [6.07, 6.45) is 1.55. The van der Waals surface area contributed by atoms with Crippen molar-refractivity contribution in [2.45, 2.75) is 6.54 Å². The molecule has 0 saturated carbocycles. The highest BCUT2D eigenvalue weighted by molar-refractivity contribution is 8.14. The molecule has 5 N–H and O–H groups in total. The molecular formula is C8H12N4O2S. The van der Waals surface area contributed by atoms with Crippen LogP contribution in [-0.2, 0) is 11.3 Å². The van der Waals surface area contributed by atoms with Crippen molar-refractivity contribution >= 4 is 22.8 Å². The van der Waals surface area contributed by atoms with Crippen LogP contribution in [-0.4, -0.2) is 16.8 Å². The number of hydrazone groups is 1. The Bertz CT molecular complexity index is 336. The molecule has 1 aromatic heterocycles. The highest BCUT2D eigenvalue weighted by atomic mass is 32.2. The monoisotopic (exact) mass is 228 g/mol. The van der Waals surface area contributed by atoms with E-state index < -0.39 is 0 Å². The zero-order valence-electron chi connectivity index (χ0n) is 7.97. The minimum absolute atomic E-state index is 0.150. The maximum absolute atomic E-state index is 11.2. The highest BCUT2D eigenvalue weighted by Crippen LogP contribution is 2.00. The zero-order chi connectivity index (χ0) is 11.1. The van der Waals surface area contributed by atoms with Gasteiger partial charge in [0.15, 0.2) is 5.17 Å². The van der Waals surface area contributed by atoms with E-state index in [0.29, 0.717) is 12.3 Å². The third-order valence-electron chi connectivity index (χ3n) is 1.52. The average molecular weight is 228 g/mol. The van der Waals surface area contributed by atoms with Crippen LogP contribution in [0.25, 0.3) is 0 Å². The lowest BCUT2D eigenvalue weighted by molar-refractivity contribution is -0.118. The van der Waals surface area contributed by atoms with Gasteiger partial charge in [-0.05, 0) is 12.1 Å². The van der Waals surface area contributed by atoms with Crippen LogP contribution in [0, 0.1) is 0 Å². The first-order valence-corrected chi connectivity index (χ1v) is 5.16. The molecule has 6 nitrogen and oxygen atoms in total. The summed E-state index contributed by atoms with van der Waals surface area (Å²) in [6.45, 7) is 0.367. The molecule has 1 rings (SSSR count). The molecule has 1 heterocycles. The van der Waals surface area contributed by atoms with Crippen molar-refractivity contribution in [3.8, 4) is 0 Å². The van der Waals surface area contributed by atoms with E-state index in [4.69, 9.17) is 16.0 Å². The number of hydrogen-bond acceptors (Lipinski definition) is 5. The normalized spacial score (nSPS) is 11.3. The SMILES string of the molecule is NN=C(N)SCC(=O)NCc1ccco1. The van der Waals surface area contributed by atoms with E-state index in [-0.39, 0.29) is 16.8 Å². The Morgan fingerprint density at radius 2 is 2.47 bits per heavy atom. The molecule has 0 radical (unpaired) electrons. The van der Waals surface area contributed by atoms with Gasteiger partial charge in [-0.15, -0.1) is 0 Å². The number of nitrogens with two attached hydrogens (primary N) is 2. The summed E-state index contributed by atoms with van der Waals surface area (Å²) in [5.41, 5.74) is 5.30. The quantitative estimate of drug-likeness (QED) is 0.287. The van der Waals surface area contributed by atoms with E-state index in [1.807, 2.05) is 0 Å². The van der Waals surface area contributed by atoms with Crippen molar-refractivity contribution in [3.63, 3.8) is 0 Å². The number of amides is 1. The molecule has 0 unspecified atom stereocenters. The zero-order valence-corrected chi connectivity index (χ0v) is 8.79. The van der Waals surface area contributed by atoms with Crippen molar-refractivity contribution in [2.24, 2.45) is 16.7 Å². The fraction of sp³-hybridized carbons (Fsp3) is 0.250. The summed E-state index contributed by atoms with van der Waals surface area (Å²) in [6, 6.07) is 3.54. The molecule has 0 saturated heterocycles. The van der Waals surface area contributed by atoms with Crippen LogP contribution in [0.5, 0.6) is 0 Å². The topological polar surface area (TPSA) is 107 Å². The lowest BCUT2D eigenvalue weighted by atomic mass is 10.4. The second-order valence-electron chi connectivity index (χ2n) is 2.61. The summed E-state index contributed by atoms with van der Waals surface area (Å²) < 4.78 is 5.04. The van der Waals surface area contributed by atoms with Gasteiger partial charge in [0.05, 0.1) is 18.6 Å². The van der Waals surface area contributed by atoms with Gasteiger partial charge in [-0.2, -0.15) is 5.10 Å². The van der Waals surface area contributed by atoms with E-state index in [2.05, 4.69) is 10.4 Å². The summed E-state index contributed by atoms with van der Waals surface area (Å²) >= 11 is 1.08. The van der Waals surface area contributed by atoms with Gasteiger partial charge < -0.3 is 21.3 Å². The minimum Gasteiger partial charge on any atom is -0.467 e. The van der Waals surface area contributed by atoms with Crippen molar-refractivity contribution in [1.82, 2.24) is 5.32 Å². The van der Waals surface area contributed by atoms with Gasteiger partial charge in [0.2, 0.25) is 5.91 Å². The minimum atomic E-state index is -0.150. The lowest BCUT2D eigenvalue weighted by Crippen LogP contribution is -2.26. The fourth-order valence-corrected chi connectivity index (χ4v) is 1.28. The summed E-state index contributed by atoms with van der Waals surface area (Å²) in [7, 11) is 0.